The standard InChI is InChI=1S/C24H31N9OS2/c1-3-4-11-32-12-14-33(15-13-32)22-26-21(28-24-31-30-16(2)35-24)27-23(29-22)36-19-9-7-18(8-10-19)25-20(34)17-5-6-17/h7-10,17H,3-6,11-15H2,1-2H3,(H,25,34)(H,26,27,28,29,31). The molecule has 2 fully saturated rings. The third kappa shape index (κ3) is 6.68. The molecule has 10 nitrogen and oxygen atoms in total. The van der Waals surface area contributed by atoms with Crippen molar-refractivity contribution in [1.29, 1.82) is 0 Å². The van der Waals surface area contributed by atoms with E-state index >= 15 is 0 Å². The van der Waals surface area contributed by atoms with Gasteiger partial charge in [-0.15, -0.1) is 10.2 Å². The molecule has 2 aromatic heterocycles. The molecule has 5 rings (SSSR count). The van der Waals surface area contributed by atoms with Gasteiger partial charge in [0.2, 0.25) is 22.9 Å². The molecule has 1 amide bonds. The first-order valence-electron chi connectivity index (χ1n) is 12.4. The maximum absolute atomic E-state index is 12.0. The molecule has 1 saturated heterocycles. The van der Waals surface area contributed by atoms with Crippen molar-refractivity contribution in [2.45, 2.75) is 49.6 Å². The summed E-state index contributed by atoms with van der Waals surface area (Å²) in [6, 6.07) is 7.79. The molecule has 2 aliphatic rings. The monoisotopic (exact) mass is 525 g/mol. The highest BCUT2D eigenvalue weighted by atomic mass is 32.2. The van der Waals surface area contributed by atoms with Crippen LogP contribution in [0.2, 0.25) is 0 Å². The second-order valence-electron chi connectivity index (χ2n) is 9.07. The van der Waals surface area contributed by atoms with E-state index < -0.39 is 0 Å². The lowest BCUT2D eigenvalue weighted by Gasteiger charge is -2.34. The van der Waals surface area contributed by atoms with E-state index in [1.54, 1.807) is 0 Å². The van der Waals surface area contributed by atoms with Crippen molar-refractivity contribution in [3.63, 3.8) is 0 Å². The first-order valence-corrected chi connectivity index (χ1v) is 14.1. The Morgan fingerprint density at radius 2 is 1.86 bits per heavy atom. The van der Waals surface area contributed by atoms with Gasteiger partial charge in [0.05, 0.1) is 0 Å². The lowest BCUT2D eigenvalue weighted by molar-refractivity contribution is -0.117. The number of hydrogen-bond acceptors (Lipinski definition) is 11. The molecule has 190 valence electrons. The highest BCUT2D eigenvalue weighted by Gasteiger charge is 2.29. The molecular weight excluding hydrogens is 494 g/mol. The minimum Gasteiger partial charge on any atom is -0.338 e. The number of hydrogen-bond donors (Lipinski definition) is 2. The molecule has 36 heavy (non-hydrogen) atoms. The van der Waals surface area contributed by atoms with Crippen molar-refractivity contribution < 1.29 is 4.79 Å². The number of benzene rings is 1. The highest BCUT2D eigenvalue weighted by molar-refractivity contribution is 7.99. The fourth-order valence-electron chi connectivity index (χ4n) is 3.89. The molecule has 0 radical (unpaired) electrons. The molecule has 0 atom stereocenters. The first-order chi connectivity index (χ1) is 17.6. The van der Waals surface area contributed by atoms with Crippen molar-refractivity contribution in [2.24, 2.45) is 5.92 Å². The minimum absolute atomic E-state index is 0.106. The molecule has 3 aromatic rings. The number of carbonyl (C=O) groups is 1. The third-order valence-electron chi connectivity index (χ3n) is 6.11. The predicted molar refractivity (Wildman–Crippen MR) is 143 cm³/mol. The smallest absolute Gasteiger partial charge is 0.234 e. The van der Waals surface area contributed by atoms with E-state index in [4.69, 9.17) is 9.97 Å². The number of unbranched alkanes of at least 4 members (excludes halogenated alkanes) is 1. The number of carbonyl (C=O) groups excluding carboxylic acids is 1. The van der Waals surface area contributed by atoms with Crippen LogP contribution >= 0.6 is 23.1 Å². The Morgan fingerprint density at radius 3 is 2.53 bits per heavy atom. The van der Waals surface area contributed by atoms with Crippen LogP contribution in [-0.2, 0) is 4.79 Å². The second kappa shape index (κ2) is 11.5. The molecule has 3 heterocycles. The van der Waals surface area contributed by atoms with Crippen LogP contribution in [-0.4, -0.2) is 68.7 Å². The zero-order valence-electron chi connectivity index (χ0n) is 20.6. The Labute approximate surface area is 219 Å². The van der Waals surface area contributed by atoms with Crippen LogP contribution in [0, 0.1) is 12.8 Å². The Balaban J connectivity index is 1.31. The van der Waals surface area contributed by atoms with Gasteiger partial charge in [-0.25, -0.2) is 0 Å². The van der Waals surface area contributed by atoms with Gasteiger partial charge >= 0.3 is 0 Å². The first kappa shape index (κ1) is 24.8. The van der Waals surface area contributed by atoms with Crippen molar-refractivity contribution in [2.75, 3.05) is 48.3 Å². The van der Waals surface area contributed by atoms with Gasteiger partial charge in [-0.05, 0) is 68.8 Å². The Hall–Kier alpha value is -2.83. The van der Waals surface area contributed by atoms with Gasteiger partial charge in [-0.2, -0.15) is 15.0 Å². The third-order valence-corrected chi connectivity index (χ3v) is 7.74. The summed E-state index contributed by atoms with van der Waals surface area (Å²) in [6.07, 6.45) is 4.41. The van der Waals surface area contributed by atoms with E-state index in [2.05, 4.69) is 42.5 Å². The molecule has 1 saturated carbocycles. The molecular formula is C24H31N9OS2. The summed E-state index contributed by atoms with van der Waals surface area (Å²) in [7, 11) is 0. The van der Waals surface area contributed by atoms with Crippen LogP contribution in [0.4, 0.5) is 22.7 Å². The molecule has 0 bridgehead atoms. The molecule has 0 spiro atoms. The fourth-order valence-corrected chi connectivity index (χ4v) is 5.21. The number of rotatable bonds is 10. The minimum atomic E-state index is 0.106. The summed E-state index contributed by atoms with van der Waals surface area (Å²) < 4.78 is 0. The fraction of sp³-hybridized carbons (Fsp3) is 0.500. The number of aromatic nitrogens is 5. The van der Waals surface area contributed by atoms with E-state index in [-0.39, 0.29) is 11.8 Å². The lowest BCUT2D eigenvalue weighted by atomic mass is 10.2. The van der Waals surface area contributed by atoms with E-state index in [9.17, 15) is 4.79 Å². The van der Waals surface area contributed by atoms with Gasteiger partial charge in [0.15, 0.2) is 5.16 Å². The molecule has 1 aromatic carbocycles. The zero-order chi connectivity index (χ0) is 24.9. The SMILES string of the molecule is CCCCN1CCN(c2nc(Nc3nnc(C)s3)nc(Sc3ccc(NC(=O)C4CC4)cc3)n2)CC1. The maximum atomic E-state index is 12.0. The number of nitrogens with one attached hydrogen (secondary N) is 2. The van der Waals surface area contributed by atoms with Crippen LogP contribution in [0.15, 0.2) is 34.3 Å². The summed E-state index contributed by atoms with van der Waals surface area (Å²) in [4.78, 5) is 31.9. The summed E-state index contributed by atoms with van der Waals surface area (Å²) in [5, 5.41) is 16.5. The topological polar surface area (TPSA) is 112 Å². The van der Waals surface area contributed by atoms with Crippen LogP contribution in [0.25, 0.3) is 0 Å². The molecule has 2 N–H and O–H groups in total. The van der Waals surface area contributed by atoms with E-state index in [0.717, 1.165) is 61.2 Å². The van der Waals surface area contributed by atoms with Gasteiger partial charge in [-0.1, -0.05) is 24.7 Å². The van der Waals surface area contributed by atoms with Gasteiger partial charge in [0.25, 0.3) is 0 Å². The lowest BCUT2D eigenvalue weighted by Crippen LogP contribution is -2.47. The largest absolute Gasteiger partial charge is 0.338 e. The highest BCUT2D eigenvalue weighted by Crippen LogP contribution is 2.32. The van der Waals surface area contributed by atoms with Crippen molar-refractivity contribution in [3.8, 4) is 0 Å². The van der Waals surface area contributed by atoms with Gasteiger partial charge < -0.3 is 10.2 Å². The van der Waals surface area contributed by atoms with Crippen LogP contribution < -0.4 is 15.5 Å². The Bertz CT molecular complexity index is 1170. The summed E-state index contributed by atoms with van der Waals surface area (Å²) in [5.41, 5.74) is 0.808. The average molecular weight is 526 g/mol. The van der Waals surface area contributed by atoms with Crippen LogP contribution in [0.3, 0.4) is 0 Å². The van der Waals surface area contributed by atoms with Crippen molar-refractivity contribution in [3.05, 3.63) is 29.3 Å². The van der Waals surface area contributed by atoms with Gasteiger partial charge in [0, 0.05) is 42.7 Å². The van der Waals surface area contributed by atoms with Crippen molar-refractivity contribution in [1.82, 2.24) is 30.0 Å². The summed E-state index contributed by atoms with van der Waals surface area (Å²) in [5.74, 6) is 1.41. The Morgan fingerprint density at radius 1 is 1.08 bits per heavy atom. The molecule has 0 unspecified atom stereocenters. The van der Waals surface area contributed by atoms with Crippen LogP contribution in [0.5, 0.6) is 0 Å². The molecule has 12 heteroatoms. The number of piperazine rings is 1. The average Bonchev–Trinajstić information content (AvgIpc) is 3.66. The van der Waals surface area contributed by atoms with E-state index in [0.29, 0.717) is 22.2 Å². The van der Waals surface area contributed by atoms with E-state index in [1.807, 2.05) is 31.2 Å². The maximum Gasteiger partial charge on any atom is 0.234 e. The van der Waals surface area contributed by atoms with Crippen LogP contribution in [0.1, 0.15) is 37.6 Å². The number of nitrogens with zero attached hydrogens (tertiary/aromatic N) is 7. The predicted octanol–water partition coefficient (Wildman–Crippen LogP) is 4.20. The summed E-state index contributed by atoms with van der Waals surface area (Å²) >= 11 is 2.93. The normalized spacial score (nSPS) is 16.2. The van der Waals surface area contributed by atoms with E-state index in [1.165, 1.54) is 35.9 Å². The van der Waals surface area contributed by atoms with Crippen molar-refractivity contribution >= 4 is 51.7 Å². The molecule has 1 aliphatic carbocycles. The quantitative estimate of drug-likeness (QED) is 0.399. The Kier molecular flexibility index (Phi) is 7.93. The number of amides is 1. The van der Waals surface area contributed by atoms with Gasteiger partial charge in [-0.3, -0.25) is 15.0 Å². The second-order valence-corrected chi connectivity index (χ2v) is 11.3. The zero-order valence-corrected chi connectivity index (χ0v) is 22.2. The summed E-state index contributed by atoms with van der Waals surface area (Å²) in [6.45, 7) is 9.04. The number of anilines is 4. The number of aryl methyl sites for hydroxylation is 1. The molecule has 1 aliphatic heterocycles. The van der Waals surface area contributed by atoms with Gasteiger partial charge in [0.1, 0.15) is 5.01 Å².